The quantitative estimate of drug-likeness (QED) is 0.255. The zero-order chi connectivity index (χ0) is 25.6. The minimum atomic E-state index is -0.209. The third kappa shape index (κ3) is 5.21. The molecule has 0 saturated carbocycles. The van der Waals surface area contributed by atoms with Gasteiger partial charge in [-0.05, 0) is 48.2 Å². The third-order valence-electron chi connectivity index (χ3n) is 6.32. The zero-order valence-corrected chi connectivity index (χ0v) is 20.9. The molecule has 0 aliphatic rings. The van der Waals surface area contributed by atoms with E-state index in [-0.39, 0.29) is 5.91 Å². The highest BCUT2D eigenvalue weighted by molar-refractivity contribution is 5.95. The van der Waals surface area contributed by atoms with Crippen LogP contribution >= 0.6 is 0 Å². The highest BCUT2D eigenvalue weighted by atomic mass is 16.5. The SMILES string of the molecule is COc1ccc(C(=O)NCc2nc3ccccc3n2CCCOc2cccc3ccccc23)cc1OC. The summed E-state index contributed by atoms with van der Waals surface area (Å²) >= 11 is 0. The van der Waals surface area contributed by atoms with Gasteiger partial charge in [-0.2, -0.15) is 0 Å². The van der Waals surface area contributed by atoms with Crippen molar-refractivity contribution in [1.82, 2.24) is 14.9 Å². The lowest BCUT2D eigenvalue weighted by Crippen LogP contribution is -2.25. The summed E-state index contributed by atoms with van der Waals surface area (Å²) in [5.74, 6) is 2.55. The number of ether oxygens (including phenoxy) is 3. The largest absolute Gasteiger partial charge is 0.493 e. The smallest absolute Gasteiger partial charge is 0.251 e. The normalized spacial score (nSPS) is 11.0. The molecule has 0 saturated heterocycles. The molecule has 0 radical (unpaired) electrons. The van der Waals surface area contributed by atoms with E-state index >= 15 is 0 Å². The Kier molecular flexibility index (Phi) is 7.21. The molecule has 0 unspecified atom stereocenters. The van der Waals surface area contributed by atoms with Crippen LogP contribution in [0, 0.1) is 0 Å². The summed E-state index contributed by atoms with van der Waals surface area (Å²) in [5.41, 5.74) is 2.42. The van der Waals surface area contributed by atoms with Crippen LogP contribution in [0.1, 0.15) is 22.6 Å². The molecule has 0 aliphatic carbocycles. The van der Waals surface area contributed by atoms with Crippen molar-refractivity contribution < 1.29 is 19.0 Å². The standard InChI is InChI=1S/C30H29N3O4/c1-35-27-16-15-22(19-28(27)36-2)30(34)31-20-29-32-24-12-5-6-13-25(24)33(29)17-8-18-37-26-14-7-10-21-9-3-4-11-23(21)26/h3-7,9-16,19H,8,17-18,20H2,1-2H3,(H,31,34). The van der Waals surface area contributed by atoms with Crippen LogP contribution in [0.4, 0.5) is 0 Å². The summed E-state index contributed by atoms with van der Waals surface area (Å²) in [4.78, 5) is 17.7. The number of methoxy groups -OCH3 is 2. The maximum absolute atomic E-state index is 12.9. The molecule has 0 aliphatic heterocycles. The average molecular weight is 496 g/mol. The lowest BCUT2D eigenvalue weighted by molar-refractivity contribution is 0.0949. The van der Waals surface area contributed by atoms with Gasteiger partial charge in [-0.3, -0.25) is 4.79 Å². The maximum atomic E-state index is 12.9. The van der Waals surface area contributed by atoms with Crippen molar-refractivity contribution in [1.29, 1.82) is 0 Å². The van der Waals surface area contributed by atoms with Crippen molar-refractivity contribution in [3.63, 3.8) is 0 Å². The van der Waals surface area contributed by atoms with E-state index in [9.17, 15) is 4.79 Å². The number of hydrogen-bond acceptors (Lipinski definition) is 5. The van der Waals surface area contributed by atoms with Crippen LogP contribution in [0.3, 0.4) is 0 Å². The fourth-order valence-electron chi connectivity index (χ4n) is 4.48. The molecule has 7 heteroatoms. The number of benzene rings is 4. The van der Waals surface area contributed by atoms with Crippen molar-refractivity contribution in [3.05, 3.63) is 96.3 Å². The first kappa shape index (κ1) is 24.2. The topological polar surface area (TPSA) is 74.6 Å². The average Bonchev–Trinajstić information content (AvgIpc) is 3.31. The molecule has 1 amide bonds. The summed E-state index contributed by atoms with van der Waals surface area (Å²) in [6.45, 7) is 1.58. The lowest BCUT2D eigenvalue weighted by Gasteiger charge is -2.13. The Bertz CT molecular complexity index is 1540. The van der Waals surface area contributed by atoms with Crippen molar-refractivity contribution in [2.45, 2.75) is 19.5 Å². The highest BCUT2D eigenvalue weighted by Crippen LogP contribution is 2.28. The molecule has 0 bridgehead atoms. The monoisotopic (exact) mass is 495 g/mol. The molecule has 0 fully saturated rings. The van der Waals surface area contributed by atoms with E-state index in [1.807, 2.05) is 48.5 Å². The Hall–Kier alpha value is -4.52. The second-order valence-electron chi connectivity index (χ2n) is 8.60. The number of fused-ring (bicyclic) bond motifs is 2. The maximum Gasteiger partial charge on any atom is 0.251 e. The number of nitrogens with one attached hydrogen (secondary N) is 1. The molecule has 37 heavy (non-hydrogen) atoms. The molecule has 0 spiro atoms. The number of rotatable bonds is 10. The summed E-state index contributed by atoms with van der Waals surface area (Å²) in [5, 5.41) is 5.26. The first-order valence-corrected chi connectivity index (χ1v) is 12.2. The fourth-order valence-corrected chi connectivity index (χ4v) is 4.48. The molecule has 5 aromatic rings. The number of aryl methyl sites for hydroxylation is 1. The second-order valence-corrected chi connectivity index (χ2v) is 8.60. The van der Waals surface area contributed by atoms with Gasteiger partial charge in [-0.15, -0.1) is 0 Å². The van der Waals surface area contributed by atoms with Gasteiger partial charge in [-0.25, -0.2) is 4.98 Å². The van der Waals surface area contributed by atoms with E-state index < -0.39 is 0 Å². The predicted molar refractivity (Wildman–Crippen MR) is 145 cm³/mol. The van der Waals surface area contributed by atoms with Gasteiger partial charge in [0, 0.05) is 17.5 Å². The van der Waals surface area contributed by atoms with Crippen LogP contribution in [-0.2, 0) is 13.1 Å². The van der Waals surface area contributed by atoms with Crippen LogP contribution in [0.2, 0.25) is 0 Å². The fraction of sp³-hybridized carbons (Fsp3) is 0.200. The Morgan fingerprint density at radius 2 is 1.65 bits per heavy atom. The number of amides is 1. The minimum absolute atomic E-state index is 0.209. The molecule has 4 aromatic carbocycles. The highest BCUT2D eigenvalue weighted by Gasteiger charge is 2.14. The van der Waals surface area contributed by atoms with E-state index in [1.54, 1.807) is 32.4 Å². The van der Waals surface area contributed by atoms with Gasteiger partial charge in [0.2, 0.25) is 0 Å². The molecular formula is C30H29N3O4. The van der Waals surface area contributed by atoms with E-state index in [1.165, 1.54) is 0 Å². The number of carbonyl (C=O) groups is 1. The van der Waals surface area contributed by atoms with Crippen LogP contribution in [0.15, 0.2) is 84.9 Å². The summed E-state index contributed by atoms with van der Waals surface area (Å²) in [7, 11) is 3.11. The molecule has 1 aromatic heterocycles. The zero-order valence-electron chi connectivity index (χ0n) is 20.9. The van der Waals surface area contributed by atoms with Gasteiger partial charge in [0.1, 0.15) is 11.6 Å². The third-order valence-corrected chi connectivity index (χ3v) is 6.32. The Morgan fingerprint density at radius 1 is 0.865 bits per heavy atom. The first-order chi connectivity index (χ1) is 18.2. The van der Waals surface area contributed by atoms with Crippen molar-refractivity contribution in [2.75, 3.05) is 20.8 Å². The molecule has 0 atom stereocenters. The minimum Gasteiger partial charge on any atom is -0.493 e. The van der Waals surface area contributed by atoms with E-state index in [0.717, 1.165) is 39.8 Å². The number of hydrogen-bond donors (Lipinski definition) is 1. The Balaban J connectivity index is 1.27. The molecule has 1 heterocycles. The molecule has 5 rings (SSSR count). The van der Waals surface area contributed by atoms with Crippen LogP contribution in [0.25, 0.3) is 21.8 Å². The second kappa shape index (κ2) is 11.0. The number of aromatic nitrogens is 2. The summed E-state index contributed by atoms with van der Waals surface area (Å²) in [6.07, 6.45) is 0.792. The van der Waals surface area contributed by atoms with Gasteiger partial charge in [-0.1, -0.05) is 48.5 Å². The summed E-state index contributed by atoms with van der Waals surface area (Å²) in [6, 6.07) is 27.4. The van der Waals surface area contributed by atoms with Gasteiger partial charge in [0.05, 0.1) is 38.4 Å². The van der Waals surface area contributed by atoms with Gasteiger partial charge in [0.15, 0.2) is 11.5 Å². The Labute approximate surface area is 215 Å². The van der Waals surface area contributed by atoms with E-state index in [2.05, 4.69) is 28.1 Å². The number of imidazole rings is 1. The number of carbonyl (C=O) groups excluding carboxylic acids is 1. The van der Waals surface area contributed by atoms with Crippen molar-refractivity contribution >= 4 is 27.7 Å². The van der Waals surface area contributed by atoms with Crippen LogP contribution in [0.5, 0.6) is 17.2 Å². The lowest BCUT2D eigenvalue weighted by atomic mass is 10.1. The molecular weight excluding hydrogens is 466 g/mol. The number of para-hydroxylation sites is 2. The Morgan fingerprint density at radius 3 is 2.51 bits per heavy atom. The van der Waals surface area contributed by atoms with E-state index in [0.29, 0.717) is 36.8 Å². The molecule has 188 valence electrons. The van der Waals surface area contributed by atoms with Gasteiger partial charge >= 0.3 is 0 Å². The van der Waals surface area contributed by atoms with Crippen molar-refractivity contribution in [3.8, 4) is 17.2 Å². The van der Waals surface area contributed by atoms with Crippen LogP contribution < -0.4 is 19.5 Å². The predicted octanol–water partition coefficient (Wildman–Crippen LogP) is 5.61. The molecule has 7 nitrogen and oxygen atoms in total. The van der Waals surface area contributed by atoms with Gasteiger partial charge in [0.25, 0.3) is 5.91 Å². The van der Waals surface area contributed by atoms with Gasteiger partial charge < -0.3 is 24.1 Å². The number of nitrogens with zero attached hydrogens (tertiary/aromatic N) is 2. The molecule has 1 N–H and O–H groups in total. The van der Waals surface area contributed by atoms with Crippen LogP contribution in [-0.4, -0.2) is 36.3 Å². The first-order valence-electron chi connectivity index (χ1n) is 12.2. The van der Waals surface area contributed by atoms with E-state index in [4.69, 9.17) is 19.2 Å². The van der Waals surface area contributed by atoms with Crippen molar-refractivity contribution in [2.24, 2.45) is 0 Å². The summed E-state index contributed by atoms with van der Waals surface area (Å²) < 4.78 is 18.9.